The van der Waals surface area contributed by atoms with Crippen LogP contribution in [-0.2, 0) is 22.4 Å². The molecule has 6 nitrogen and oxygen atoms in total. The Morgan fingerprint density at radius 1 is 1.20 bits per heavy atom. The number of hydrogen-bond donors (Lipinski definition) is 0. The minimum Gasteiger partial charge on any atom is -0.378 e. The second kappa shape index (κ2) is 8.47. The quantitative estimate of drug-likeness (QED) is 0.560. The number of fused-ring (bicyclic) bond motifs is 1. The number of thiophene rings is 1. The Bertz CT molecular complexity index is 1100. The first kappa shape index (κ1) is 20.4. The fourth-order valence-corrected chi connectivity index (χ4v) is 5.75. The van der Waals surface area contributed by atoms with E-state index in [4.69, 9.17) is 4.74 Å². The van der Waals surface area contributed by atoms with Crippen LogP contribution in [0.3, 0.4) is 0 Å². The van der Waals surface area contributed by atoms with Crippen molar-refractivity contribution in [2.24, 2.45) is 0 Å². The van der Waals surface area contributed by atoms with Gasteiger partial charge in [-0.2, -0.15) is 10.5 Å². The van der Waals surface area contributed by atoms with Crippen LogP contribution in [-0.4, -0.2) is 41.7 Å². The summed E-state index contributed by atoms with van der Waals surface area (Å²) >= 11 is 1.70. The van der Waals surface area contributed by atoms with Crippen LogP contribution in [0.25, 0.3) is 11.1 Å². The second-order valence-corrected chi connectivity index (χ2v) is 8.82. The smallest absolute Gasteiger partial charge is 0.264 e. The summed E-state index contributed by atoms with van der Waals surface area (Å²) in [5.74, 6) is -0.255. The Labute approximate surface area is 180 Å². The van der Waals surface area contributed by atoms with Crippen LogP contribution in [0, 0.1) is 36.5 Å². The Morgan fingerprint density at radius 2 is 1.93 bits per heavy atom. The molecule has 2 aromatic rings. The number of carbonyl (C=O) groups excluding carboxylic acids is 1. The number of morpholine rings is 1. The van der Waals surface area contributed by atoms with Crippen molar-refractivity contribution in [1.29, 1.82) is 10.5 Å². The van der Waals surface area contributed by atoms with Crippen LogP contribution in [0.5, 0.6) is 0 Å². The molecule has 0 bridgehead atoms. The van der Waals surface area contributed by atoms with E-state index < -0.39 is 0 Å². The topological polar surface area (TPSA) is 82.0 Å². The number of hydrogen-bond acceptors (Lipinski definition) is 5. The molecule has 3 heterocycles. The highest BCUT2D eigenvalue weighted by molar-refractivity contribution is 7.15. The molecule has 154 valence electrons. The number of amides is 1. The molecular formula is C23H24N4O2S. The number of nitrogens with zero attached hydrogens (tertiary/aromatic N) is 4. The molecule has 4 rings (SSSR count). The monoisotopic (exact) mass is 420 g/mol. The number of aromatic nitrogens is 1. The fraction of sp³-hybridized carbons (Fsp3) is 0.435. The van der Waals surface area contributed by atoms with E-state index >= 15 is 0 Å². The third kappa shape index (κ3) is 3.56. The van der Waals surface area contributed by atoms with Crippen LogP contribution < -0.4 is 0 Å². The summed E-state index contributed by atoms with van der Waals surface area (Å²) in [7, 11) is 0. The van der Waals surface area contributed by atoms with Crippen molar-refractivity contribution in [3.05, 3.63) is 44.6 Å². The maximum atomic E-state index is 12.8. The van der Waals surface area contributed by atoms with E-state index in [-0.39, 0.29) is 11.5 Å². The van der Waals surface area contributed by atoms with Crippen LogP contribution in [0.4, 0.5) is 0 Å². The lowest BCUT2D eigenvalue weighted by atomic mass is 9.96. The van der Waals surface area contributed by atoms with Crippen molar-refractivity contribution in [1.82, 2.24) is 9.47 Å². The maximum Gasteiger partial charge on any atom is 0.264 e. The van der Waals surface area contributed by atoms with Crippen molar-refractivity contribution in [2.45, 2.75) is 39.5 Å². The van der Waals surface area contributed by atoms with Gasteiger partial charge < -0.3 is 14.2 Å². The molecule has 1 fully saturated rings. The molecule has 2 aromatic heterocycles. The first-order valence-electron chi connectivity index (χ1n) is 10.3. The van der Waals surface area contributed by atoms with E-state index in [0.29, 0.717) is 26.3 Å². The third-order valence-electron chi connectivity index (χ3n) is 5.89. The molecule has 0 saturated carbocycles. The summed E-state index contributed by atoms with van der Waals surface area (Å²) < 4.78 is 7.40. The highest BCUT2D eigenvalue weighted by Crippen LogP contribution is 2.38. The van der Waals surface area contributed by atoms with Crippen molar-refractivity contribution in [3.63, 3.8) is 0 Å². The largest absolute Gasteiger partial charge is 0.378 e. The molecule has 0 N–H and O–H groups in total. The van der Waals surface area contributed by atoms with Crippen LogP contribution in [0.1, 0.15) is 45.8 Å². The van der Waals surface area contributed by atoms with E-state index in [1.165, 1.54) is 16.9 Å². The molecular weight excluding hydrogens is 396 g/mol. The summed E-state index contributed by atoms with van der Waals surface area (Å²) in [6.45, 7) is 5.98. The van der Waals surface area contributed by atoms with E-state index in [0.717, 1.165) is 46.8 Å². The van der Waals surface area contributed by atoms with Gasteiger partial charge in [0, 0.05) is 29.4 Å². The molecule has 7 heteroatoms. The molecule has 1 saturated heterocycles. The molecule has 1 amide bonds. The zero-order valence-corrected chi connectivity index (χ0v) is 18.1. The normalized spacial score (nSPS) is 16.7. The standard InChI is InChI=1S/C23H24N4O2S/c1-15-11-17(12-18(13-24)22(28)26-7-9-29-10-8-26)16(2)27(15)23-20(14-25)19-5-3-4-6-21(19)30-23/h11-12H,3-10H2,1-2H3/b18-12-. The molecule has 0 radical (unpaired) electrons. The average Bonchev–Trinajstić information content (AvgIpc) is 3.27. The summed E-state index contributed by atoms with van der Waals surface area (Å²) in [6.07, 6.45) is 5.98. The van der Waals surface area contributed by atoms with Gasteiger partial charge in [-0.25, -0.2) is 0 Å². The van der Waals surface area contributed by atoms with Crippen molar-refractivity contribution in [3.8, 4) is 17.1 Å². The fourth-order valence-electron chi connectivity index (χ4n) is 4.30. The van der Waals surface area contributed by atoms with Crippen molar-refractivity contribution >= 4 is 23.3 Å². The number of ether oxygens (including phenoxy) is 1. The summed E-state index contributed by atoms with van der Waals surface area (Å²) in [6, 6.07) is 6.49. The number of carbonyl (C=O) groups is 1. The minimum atomic E-state index is -0.255. The van der Waals surface area contributed by atoms with Crippen LogP contribution in [0.2, 0.25) is 0 Å². The summed E-state index contributed by atoms with van der Waals surface area (Å²) in [5.41, 5.74) is 4.87. The van der Waals surface area contributed by atoms with Crippen LogP contribution in [0.15, 0.2) is 11.6 Å². The van der Waals surface area contributed by atoms with E-state index in [9.17, 15) is 15.3 Å². The van der Waals surface area contributed by atoms with Gasteiger partial charge in [0.15, 0.2) is 0 Å². The van der Waals surface area contributed by atoms with Gasteiger partial charge in [-0.3, -0.25) is 4.79 Å². The molecule has 2 aliphatic rings. The summed E-state index contributed by atoms with van der Waals surface area (Å²) in [4.78, 5) is 15.8. The predicted molar refractivity (Wildman–Crippen MR) is 115 cm³/mol. The zero-order chi connectivity index (χ0) is 21.3. The van der Waals surface area contributed by atoms with Crippen LogP contribution >= 0.6 is 11.3 Å². The molecule has 0 unspecified atom stereocenters. The lowest BCUT2D eigenvalue weighted by Crippen LogP contribution is -2.41. The Morgan fingerprint density at radius 3 is 2.63 bits per heavy atom. The highest BCUT2D eigenvalue weighted by atomic mass is 32.1. The molecule has 30 heavy (non-hydrogen) atoms. The lowest BCUT2D eigenvalue weighted by Gasteiger charge is -2.26. The molecule has 0 aromatic carbocycles. The number of aryl methyl sites for hydroxylation is 2. The highest BCUT2D eigenvalue weighted by Gasteiger charge is 2.25. The van der Waals surface area contributed by atoms with Crippen molar-refractivity contribution in [2.75, 3.05) is 26.3 Å². The van der Waals surface area contributed by atoms with Gasteiger partial charge in [0.05, 0.1) is 18.8 Å². The van der Waals surface area contributed by atoms with Gasteiger partial charge in [0.25, 0.3) is 5.91 Å². The van der Waals surface area contributed by atoms with Gasteiger partial charge in [-0.15, -0.1) is 11.3 Å². The first-order valence-corrected chi connectivity index (χ1v) is 11.1. The third-order valence-corrected chi connectivity index (χ3v) is 7.16. The lowest BCUT2D eigenvalue weighted by molar-refractivity contribution is -0.130. The molecule has 1 aliphatic carbocycles. The van der Waals surface area contributed by atoms with E-state index in [1.807, 2.05) is 19.9 Å². The predicted octanol–water partition coefficient (Wildman–Crippen LogP) is 3.67. The number of rotatable bonds is 3. The zero-order valence-electron chi connectivity index (χ0n) is 17.3. The van der Waals surface area contributed by atoms with Gasteiger partial charge in [0.1, 0.15) is 22.7 Å². The van der Waals surface area contributed by atoms with E-state index in [1.54, 1.807) is 22.3 Å². The van der Waals surface area contributed by atoms with Crippen molar-refractivity contribution < 1.29 is 9.53 Å². The SMILES string of the molecule is Cc1cc(/C=C(/C#N)C(=O)N2CCOCC2)c(C)n1-c1sc2c(c1C#N)CCCC2. The minimum absolute atomic E-state index is 0.128. The molecule has 0 atom stereocenters. The van der Waals surface area contributed by atoms with E-state index in [2.05, 4.69) is 16.7 Å². The molecule has 1 aliphatic heterocycles. The second-order valence-electron chi connectivity index (χ2n) is 7.74. The summed E-state index contributed by atoms with van der Waals surface area (Å²) in [5, 5.41) is 20.4. The van der Waals surface area contributed by atoms with Gasteiger partial charge >= 0.3 is 0 Å². The van der Waals surface area contributed by atoms with Gasteiger partial charge in [-0.1, -0.05) is 0 Å². The maximum absolute atomic E-state index is 12.8. The Kier molecular flexibility index (Phi) is 5.76. The average molecular weight is 421 g/mol. The Balaban J connectivity index is 1.73. The first-order chi connectivity index (χ1) is 14.5. The Hall–Kier alpha value is -2.87. The van der Waals surface area contributed by atoms with Gasteiger partial charge in [-0.05, 0) is 62.8 Å². The molecule has 0 spiro atoms. The number of nitriles is 2. The van der Waals surface area contributed by atoms with Gasteiger partial charge in [0.2, 0.25) is 0 Å².